The lowest BCUT2D eigenvalue weighted by Gasteiger charge is -2.36. The zero-order valence-corrected chi connectivity index (χ0v) is 15.0. The highest BCUT2D eigenvalue weighted by Gasteiger charge is 2.36. The van der Waals surface area contributed by atoms with Gasteiger partial charge in [0, 0.05) is 12.3 Å². The Labute approximate surface area is 125 Å². The first-order valence-electron chi connectivity index (χ1n) is 7.89. The summed E-state index contributed by atoms with van der Waals surface area (Å²) in [5.41, 5.74) is 0.981. The molecule has 0 unspecified atom stereocenters. The second kappa shape index (κ2) is 9.48. The number of hydrogen-bond acceptors (Lipinski definition) is 3. The normalized spacial score (nSPS) is 16.1. The molecule has 0 aliphatic heterocycles. The summed E-state index contributed by atoms with van der Waals surface area (Å²) in [5, 5.41) is 9.13. The van der Waals surface area contributed by atoms with Gasteiger partial charge in [-0.1, -0.05) is 40.7 Å². The molecule has 0 heterocycles. The van der Waals surface area contributed by atoms with Gasteiger partial charge in [-0.2, -0.15) is 0 Å². The maximum atomic E-state index is 12.1. The quantitative estimate of drug-likeness (QED) is 0.491. The summed E-state index contributed by atoms with van der Waals surface area (Å²) in [7, 11) is -1.77. The highest BCUT2D eigenvalue weighted by atomic mass is 28.4. The molecule has 0 aromatic heterocycles. The van der Waals surface area contributed by atoms with Crippen LogP contribution in [0, 0.1) is 5.92 Å². The van der Waals surface area contributed by atoms with Crippen LogP contribution in [-0.2, 0) is 9.22 Å². The fourth-order valence-electron chi connectivity index (χ4n) is 2.61. The van der Waals surface area contributed by atoms with Crippen molar-refractivity contribution in [3.05, 3.63) is 11.6 Å². The van der Waals surface area contributed by atoms with Crippen LogP contribution in [0.4, 0.5) is 0 Å². The Balaban J connectivity index is 5.32. The Hall–Kier alpha value is -0.453. The van der Waals surface area contributed by atoms with Crippen LogP contribution < -0.4 is 0 Å². The molecule has 0 aliphatic carbocycles. The van der Waals surface area contributed by atoms with Crippen LogP contribution in [0.3, 0.4) is 0 Å². The molecule has 3 nitrogen and oxygen atoms in total. The van der Waals surface area contributed by atoms with Crippen molar-refractivity contribution >= 4 is 14.1 Å². The number of rotatable bonds is 10. The Morgan fingerprint density at radius 1 is 1.20 bits per heavy atom. The number of hydrogen-bond donors (Lipinski definition) is 1. The highest BCUT2D eigenvalue weighted by molar-refractivity contribution is 6.73. The largest absolute Gasteiger partial charge is 0.410 e. The molecule has 0 saturated carbocycles. The predicted octanol–water partition coefficient (Wildman–Crippen LogP) is 3.93. The average molecular weight is 301 g/mol. The predicted molar refractivity (Wildman–Crippen MR) is 87.4 cm³/mol. The molecular formula is C16H32O3Si. The van der Waals surface area contributed by atoms with Gasteiger partial charge in [0.2, 0.25) is 0 Å². The van der Waals surface area contributed by atoms with E-state index in [9.17, 15) is 4.79 Å². The summed E-state index contributed by atoms with van der Waals surface area (Å²) in [6, 6.07) is 3.20. The van der Waals surface area contributed by atoms with Gasteiger partial charge in [0.1, 0.15) is 5.78 Å². The first kappa shape index (κ1) is 19.5. The molecule has 118 valence electrons. The highest BCUT2D eigenvalue weighted by Crippen LogP contribution is 2.29. The molecule has 0 fully saturated rings. The third-order valence-corrected chi connectivity index (χ3v) is 9.10. The van der Waals surface area contributed by atoms with Crippen LogP contribution in [0.25, 0.3) is 0 Å². The van der Waals surface area contributed by atoms with E-state index in [-0.39, 0.29) is 24.4 Å². The number of carbonyl (C=O) groups is 1. The lowest BCUT2D eigenvalue weighted by molar-refractivity contribution is -0.124. The smallest absolute Gasteiger partial charge is 0.192 e. The number of carbonyl (C=O) groups excluding carboxylic acids is 1. The van der Waals surface area contributed by atoms with Crippen molar-refractivity contribution in [2.24, 2.45) is 5.92 Å². The Kier molecular flexibility index (Phi) is 9.26. The summed E-state index contributed by atoms with van der Waals surface area (Å²) < 4.78 is 6.52. The fourth-order valence-corrected chi connectivity index (χ4v) is 5.54. The van der Waals surface area contributed by atoms with Crippen molar-refractivity contribution in [2.45, 2.75) is 72.2 Å². The van der Waals surface area contributed by atoms with Crippen molar-refractivity contribution in [1.82, 2.24) is 0 Å². The Bertz CT molecular complexity index is 313. The average Bonchev–Trinajstić information content (AvgIpc) is 2.48. The second-order valence-corrected chi connectivity index (χ2v) is 10.2. The van der Waals surface area contributed by atoms with E-state index in [0.29, 0.717) is 6.42 Å². The van der Waals surface area contributed by atoms with Crippen LogP contribution in [0.2, 0.25) is 18.1 Å². The van der Waals surface area contributed by atoms with Crippen molar-refractivity contribution in [2.75, 3.05) is 6.61 Å². The van der Waals surface area contributed by atoms with Gasteiger partial charge in [-0.15, -0.1) is 0 Å². The third kappa shape index (κ3) is 5.15. The van der Waals surface area contributed by atoms with E-state index < -0.39 is 8.32 Å². The monoisotopic (exact) mass is 300 g/mol. The van der Waals surface area contributed by atoms with Gasteiger partial charge in [0.05, 0.1) is 12.7 Å². The van der Waals surface area contributed by atoms with Gasteiger partial charge in [-0.05, 0) is 30.6 Å². The maximum Gasteiger partial charge on any atom is 0.192 e. The first-order valence-corrected chi connectivity index (χ1v) is 10.4. The summed E-state index contributed by atoms with van der Waals surface area (Å²) >= 11 is 0. The van der Waals surface area contributed by atoms with Gasteiger partial charge in [0.25, 0.3) is 0 Å². The van der Waals surface area contributed by atoms with Gasteiger partial charge in [0.15, 0.2) is 8.32 Å². The topological polar surface area (TPSA) is 46.5 Å². The van der Waals surface area contributed by atoms with Crippen LogP contribution in [-0.4, -0.2) is 31.9 Å². The van der Waals surface area contributed by atoms with Crippen LogP contribution in [0.15, 0.2) is 11.6 Å². The lowest BCUT2D eigenvalue weighted by Crippen LogP contribution is -2.44. The van der Waals surface area contributed by atoms with Crippen molar-refractivity contribution in [3.8, 4) is 0 Å². The molecule has 0 saturated heterocycles. The molecule has 20 heavy (non-hydrogen) atoms. The maximum absolute atomic E-state index is 12.1. The van der Waals surface area contributed by atoms with E-state index in [0.717, 1.165) is 23.7 Å². The van der Waals surface area contributed by atoms with E-state index in [2.05, 4.69) is 20.8 Å². The van der Waals surface area contributed by atoms with Gasteiger partial charge >= 0.3 is 0 Å². The minimum Gasteiger partial charge on any atom is -0.410 e. The van der Waals surface area contributed by atoms with Crippen LogP contribution in [0.1, 0.15) is 48.0 Å². The lowest BCUT2D eigenvalue weighted by atomic mass is 9.93. The summed E-state index contributed by atoms with van der Waals surface area (Å²) in [6.45, 7) is 12.4. The third-order valence-electron chi connectivity index (χ3n) is 4.48. The summed E-state index contributed by atoms with van der Waals surface area (Å²) in [6.07, 6.45) is 2.12. The van der Waals surface area contributed by atoms with E-state index in [1.165, 1.54) is 0 Å². The number of Topliss-reactive ketones (excluding diaryl/α,β-unsaturated/α-hetero) is 1. The minimum absolute atomic E-state index is 0.00232. The SMILES string of the molecule is CCC(=O)[C@H](C)[C@H](O[Si](CC)(CC)CC)/C(C)=C\CO. The van der Waals surface area contributed by atoms with Gasteiger partial charge in [-0.25, -0.2) is 0 Å². The molecule has 0 aliphatic rings. The van der Waals surface area contributed by atoms with Gasteiger partial charge in [-0.3, -0.25) is 4.79 Å². The minimum atomic E-state index is -1.77. The second-order valence-electron chi connectivity index (χ2n) is 5.52. The molecule has 0 aromatic rings. The molecule has 0 spiro atoms. The van der Waals surface area contributed by atoms with Gasteiger partial charge < -0.3 is 9.53 Å². The molecule has 2 atom stereocenters. The van der Waals surface area contributed by atoms with E-state index >= 15 is 0 Å². The fraction of sp³-hybridized carbons (Fsp3) is 0.812. The van der Waals surface area contributed by atoms with E-state index in [1.54, 1.807) is 6.08 Å². The summed E-state index contributed by atoms with van der Waals surface area (Å²) in [4.78, 5) is 12.1. The van der Waals surface area contributed by atoms with Crippen molar-refractivity contribution in [3.63, 3.8) is 0 Å². The van der Waals surface area contributed by atoms with Crippen LogP contribution in [0.5, 0.6) is 0 Å². The molecule has 1 N–H and O–H groups in total. The van der Waals surface area contributed by atoms with Crippen molar-refractivity contribution < 1.29 is 14.3 Å². The molecular weight excluding hydrogens is 268 g/mol. The number of aliphatic hydroxyl groups is 1. The molecule has 0 amide bonds. The molecule has 0 rings (SSSR count). The summed E-state index contributed by atoms with van der Waals surface area (Å²) in [5.74, 6) is 0.0891. The van der Waals surface area contributed by atoms with E-state index in [1.807, 2.05) is 20.8 Å². The number of ketones is 1. The molecule has 4 heteroatoms. The zero-order chi connectivity index (χ0) is 15.8. The van der Waals surface area contributed by atoms with Crippen molar-refractivity contribution in [1.29, 1.82) is 0 Å². The first-order chi connectivity index (χ1) is 9.41. The standard InChI is InChI=1S/C16H32O3Si/c1-7-15(18)14(6)16(13(5)11-12-17)19-20(8-2,9-3)10-4/h11,14,16-17H,7-10,12H2,1-6H3/b13-11-/t14-,16+/m0/s1. The number of aliphatic hydroxyl groups excluding tert-OH is 1. The molecule has 0 bridgehead atoms. The molecule has 0 aromatic carbocycles. The molecule has 0 radical (unpaired) electrons. The van der Waals surface area contributed by atoms with E-state index in [4.69, 9.17) is 9.53 Å². The Morgan fingerprint density at radius 2 is 1.70 bits per heavy atom. The zero-order valence-electron chi connectivity index (χ0n) is 14.0. The van der Waals surface area contributed by atoms with Crippen LogP contribution >= 0.6 is 0 Å². The Morgan fingerprint density at radius 3 is 2.05 bits per heavy atom.